The van der Waals surface area contributed by atoms with Gasteiger partial charge in [-0.1, -0.05) is 58.0 Å². The highest BCUT2D eigenvalue weighted by Gasteiger charge is 2.39. The van der Waals surface area contributed by atoms with Crippen LogP contribution in [0.4, 0.5) is 0 Å². The molecule has 1 amide bonds. The monoisotopic (exact) mass is 319 g/mol. The molecule has 0 saturated carbocycles. The first-order chi connectivity index (χ1) is 11.2. The van der Waals surface area contributed by atoms with E-state index in [-0.39, 0.29) is 12.0 Å². The van der Waals surface area contributed by atoms with Crippen molar-refractivity contribution in [1.82, 2.24) is 4.90 Å². The first-order valence-electron chi connectivity index (χ1n) is 9.15. The van der Waals surface area contributed by atoms with Crippen molar-refractivity contribution in [2.45, 2.75) is 59.5 Å². The molecule has 0 spiro atoms. The van der Waals surface area contributed by atoms with Gasteiger partial charge in [-0.2, -0.15) is 0 Å². The minimum atomic E-state index is 0.231. The smallest absolute Gasteiger partial charge is 0.222 e. The molecule has 0 aliphatic carbocycles. The number of carbonyl (C=O) groups is 1. The van der Waals surface area contributed by atoms with Gasteiger partial charge in [0, 0.05) is 38.0 Å². The summed E-state index contributed by atoms with van der Waals surface area (Å²) in [7, 11) is 0. The van der Waals surface area contributed by atoms with E-state index in [1.807, 2.05) is 38.7 Å². The first kappa shape index (κ1) is 19.7. The summed E-state index contributed by atoms with van der Waals surface area (Å²) in [5, 5.41) is 0. The van der Waals surface area contributed by atoms with E-state index in [0.29, 0.717) is 18.3 Å². The summed E-state index contributed by atoms with van der Waals surface area (Å²) in [6.45, 7) is 12.5. The van der Waals surface area contributed by atoms with Crippen molar-refractivity contribution in [3.63, 3.8) is 0 Å². The van der Waals surface area contributed by atoms with Gasteiger partial charge in [0.25, 0.3) is 0 Å². The molecule has 0 N–H and O–H groups in total. The van der Waals surface area contributed by atoms with Gasteiger partial charge < -0.3 is 9.64 Å². The van der Waals surface area contributed by atoms with Crippen molar-refractivity contribution < 1.29 is 9.53 Å². The number of carbonyl (C=O) groups excluding carboxylic acids is 1. The van der Waals surface area contributed by atoms with E-state index in [4.69, 9.17) is 4.74 Å². The van der Waals surface area contributed by atoms with Crippen LogP contribution in [0.25, 0.3) is 0 Å². The van der Waals surface area contributed by atoms with Crippen LogP contribution >= 0.6 is 0 Å². The van der Waals surface area contributed by atoms with Gasteiger partial charge in [0.2, 0.25) is 5.91 Å². The summed E-state index contributed by atoms with van der Waals surface area (Å²) in [6.07, 6.45) is 1.81. The largest absolute Gasteiger partial charge is 0.378 e. The Balaban J connectivity index is 0.00000127. The number of amides is 1. The Morgan fingerprint density at radius 3 is 2.35 bits per heavy atom. The highest BCUT2D eigenvalue weighted by molar-refractivity contribution is 5.76. The molecule has 1 aliphatic heterocycles. The molecule has 0 radical (unpaired) electrons. The van der Waals surface area contributed by atoms with Gasteiger partial charge in [0.15, 0.2) is 0 Å². The van der Waals surface area contributed by atoms with Crippen LogP contribution < -0.4 is 0 Å². The van der Waals surface area contributed by atoms with E-state index >= 15 is 0 Å². The van der Waals surface area contributed by atoms with Crippen LogP contribution in [0.1, 0.15) is 58.9 Å². The standard InChI is InChI=1S/C18H27NO2.C2H6/c1-4-17(21-6-3)16-13-19(18(20)5-2)12-15(16)14-10-8-7-9-11-14;1-2/h7-11,15-17H,4-6,12-13H2,1-3H3;1-2H3/t15-,16+,17-;/m1./s1. The Labute approximate surface area is 142 Å². The summed E-state index contributed by atoms with van der Waals surface area (Å²) in [5.74, 6) is 1.04. The second-order valence-electron chi connectivity index (χ2n) is 5.74. The zero-order valence-electron chi connectivity index (χ0n) is 15.4. The predicted molar refractivity (Wildman–Crippen MR) is 96.6 cm³/mol. The molecule has 1 aliphatic rings. The lowest BCUT2D eigenvalue weighted by Gasteiger charge is -2.27. The molecule has 3 nitrogen and oxygen atoms in total. The Bertz CT molecular complexity index is 446. The van der Waals surface area contributed by atoms with Crippen LogP contribution in [-0.4, -0.2) is 36.6 Å². The Kier molecular flexibility index (Phi) is 8.93. The van der Waals surface area contributed by atoms with Crippen LogP contribution in [0.5, 0.6) is 0 Å². The molecular formula is C20H33NO2. The van der Waals surface area contributed by atoms with Gasteiger partial charge >= 0.3 is 0 Å². The van der Waals surface area contributed by atoms with E-state index in [1.165, 1.54) is 5.56 Å². The van der Waals surface area contributed by atoms with Crippen molar-refractivity contribution in [3.8, 4) is 0 Å². The molecule has 2 rings (SSSR count). The molecular weight excluding hydrogens is 286 g/mol. The summed E-state index contributed by atoms with van der Waals surface area (Å²) in [6, 6.07) is 10.6. The van der Waals surface area contributed by atoms with E-state index in [1.54, 1.807) is 0 Å². The van der Waals surface area contributed by atoms with Gasteiger partial charge in [-0.25, -0.2) is 0 Å². The average Bonchev–Trinajstić information content (AvgIpc) is 3.06. The topological polar surface area (TPSA) is 29.5 Å². The van der Waals surface area contributed by atoms with Gasteiger partial charge in [0.05, 0.1) is 6.10 Å². The summed E-state index contributed by atoms with van der Waals surface area (Å²) in [5.41, 5.74) is 1.33. The third-order valence-corrected chi connectivity index (χ3v) is 4.51. The fraction of sp³-hybridized carbons (Fsp3) is 0.650. The van der Waals surface area contributed by atoms with Crippen molar-refractivity contribution in [2.24, 2.45) is 5.92 Å². The second-order valence-corrected chi connectivity index (χ2v) is 5.74. The number of likely N-dealkylation sites (tertiary alicyclic amines) is 1. The van der Waals surface area contributed by atoms with Gasteiger partial charge in [-0.15, -0.1) is 0 Å². The van der Waals surface area contributed by atoms with E-state index < -0.39 is 0 Å². The number of benzene rings is 1. The fourth-order valence-corrected chi connectivity index (χ4v) is 3.44. The van der Waals surface area contributed by atoms with Gasteiger partial charge in [-0.05, 0) is 18.9 Å². The summed E-state index contributed by atoms with van der Waals surface area (Å²) >= 11 is 0. The molecule has 1 heterocycles. The van der Waals surface area contributed by atoms with Crippen molar-refractivity contribution in [3.05, 3.63) is 35.9 Å². The third-order valence-electron chi connectivity index (χ3n) is 4.51. The molecule has 3 heteroatoms. The SMILES string of the molecule is CC.CCO[C@H](CC)[C@H]1CN(C(=O)CC)C[C@@H]1c1ccccc1. The minimum Gasteiger partial charge on any atom is -0.378 e. The first-order valence-corrected chi connectivity index (χ1v) is 9.15. The Morgan fingerprint density at radius 1 is 1.17 bits per heavy atom. The van der Waals surface area contributed by atoms with Crippen LogP contribution in [0.2, 0.25) is 0 Å². The van der Waals surface area contributed by atoms with E-state index in [9.17, 15) is 4.79 Å². The molecule has 1 aromatic rings. The molecule has 0 bridgehead atoms. The maximum Gasteiger partial charge on any atom is 0.222 e. The fourth-order valence-electron chi connectivity index (χ4n) is 3.44. The number of ether oxygens (including phenoxy) is 1. The Hall–Kier alpha value is -1.35. The van der Waals surface area contributed by atoms with Crippen LogP contribution in [0, 0.1) is 5.92 Å². The second kappa shape index (κ2) is 10.4. The number of hydrogen-bond acceptors (Lipinski definition) is 2. The van der Waals surface area contributed by atoms with Gasteiger partial charge in [0.1, 0.15) is 0 Å². The zero-order valence-corrected chi connectivity index (χ0v) is 15.4. The number of hydrogen-bond donors (Lipinski definition) is 0. The lowest BCUT2D eigenvalue weighted by molar-refractivity contribution is -0.130. The quantitative estimate of drug-likeness (QED) is 0.773. The molecule has 0 aromatic heterocycles. The highest BCUT2D eigenvalue weighted by Crippen LogP contribution is 2.37. The van der Waals surface area contributed by atoms with Crippen LogP contribution in [0.15, 0.2) is 30.3 Å². The van der Waals surface area contributed by atoms with Gasteiger partial charge in [-0.3, -0.25) is 4.79 Å². The third kappa shape index (κ3) is 5.07. The van der Waals surface area contributed by atoms with Crippen molar-refractivity contribution in [2.75, 3.05) is 19.7 Å². The van der Waals surface area contributed by atoms with Crippen LogP contribution in [0.3, 0.4) is 0 Å². The maximum absolute atomic E-state index is 12.1. The lowest BCUT2D eigenvalue weighted by Crippen LogP contribution is -2.31. The zero-order chi connectivity index (χ0) is 17.2. The highest BCUT2D eigenvalue weighted by atomic mass is 16.5. The molecule has 1 aromatic carbocycles. The molecule has 1 saturated heterocycles. The minimum absolute atomic E-state index is 0.231. The normalized spacial score (nSPS) is 21.5. The van der Waals surface area contributed by atoms with E-state index in [2.05, 4.69) is 31.2 Å². The predicted octanol–water partition coefficient (Wildman–Crippen LogP) is 4.48. The Morgan fingerprint density at radius 2 is 1.83 bits per heavy atom. The number of nitrogens with zero attached hydrogens (tertiary/aromatic N) is 1. The molecule has 1 fully saturated rings. The molecule has 3 atom stereocenters. The van der Waals surface area contributed by atoms with Crippen molar-refractivity contribution >= 4 is 5.91 Å². The molecule has 0 unspecified atom stereocenters. The van der Waals surface area contributed by atoms with Crippen molar-refractivity contribution in [1.29, 1.82) is 0 Å². The average molecular weight is 319 g/mol. The maximum atomic E-state index is 12.1. The summed E-state index contributed by atoms with van der Waals surface area (Å²) in [4.78, 5) is 14.1. The van der Waals surface area contributed by atoms with Crippen LogP contribution in [-0.2, 0) is 9.53 Å². The molecule has 23 heavy (non-hydrogen) atoms. The van der Waals surface area contributed by atoms with E-state index in [0.717, 1.165) is 26.1 Å². The lowest BCUT2D eigenvalue weighted by atomic mass is 9.84. The number of rotatable bonds is 6. The summed E-state index contributed by atoms with van der Waals surface area (Å²) < 4.78 is 5.95. The molecule has 130 valence electrons.